The molecule has 0 saturated carbocycles. The first kappa shape index (κ1) is 12.7. The number of imidazole rings is 1. The molecule has 0 spiro atoms. The first-order valence-electron chi connectivity index (χ1n) is 5.87. The van der Waals surface area contributed by atoms with Crippen LogP contribution in [-0.4, -0.2) is 15.5 Å². The fourth-order valence-electron chi connectivity index (χ4n) is 2.04. The summed E-state index contributed by atoms with van der Waals surface area (Å²) in [7, 11) is 0. The Labute approximate surface area is 122 Å². The number of aromatic amines is 1. The minimum atomic E-state index is -0.474. The molecule has 0 radical (unpaired) electrons. The number of carbonyl (C=O) groups excluding carboxylic acids is 1. The van der Waals surface area contributed by atoms with Crippen LogP contribution < -0.4 is 11.4 Å². The molecule has 20 heavy (non-hydrogen) atoms. The van der Waals surface area contributed by atoms with E-state index in [0.717, 1.165) is 9.04 Å². The fraction of sp³-hybridized carbons (Fsp3) is 0. The van der Waals surface area contributed by atoms with Gasteiger partial charge in [-0.3, -0.25) is 4.79 Å². The lowest BCUT2D eigenvalue weighted by molar-refractivity contribution is 0.0961. The predicted molar refractivity (Wildman–Crippen MR) is 80.8 cm³/mol. The Balaban J connectivity index is 2.21. The van der Waals surface area contributed by atoms with E-state index in [9.17, 15) is 9.59 Å². The van der Waals surface area contributed by atoms with Gasteiger partial charge in [0, 0.05) is 15.7 Å². The zero-order valence-corrected chi connectivity index (χ0v) is 11.8. The zero-order valence-electron chi connectivity index (χ0n) is 10.3. The number of H-pyrrole nitrogens is 1. The van der Waals surface area contributed by atoms with Crippen molar-refractivity contribution in [3.8, 4) is 0 Å². The van der Waals surface area contributed by atoms with Gasteiger partial charge < -0.3 is 10.7 Å². The Kier molecular flexibility index (Phi) is 2.94. The smallest absolute Gasteiger partial charge is 0.333 e. The highest BCUT2D eigenvalue weighted by Gasteiger charge is 2.15. The van der Waals surface area contributed by atoms with E-state index < -0.39 is 5.69 Å². The highest BCUT2D eigenvalue weighted by Crippen LogP contribution is 2.16. The standard InChI is InChI=1S/C14H10BrN3O2/c15-9-3-1-8(2-4-9)13(19)18-12-7-10(16)5-6-11(12)17-14(18)20/h1-7H,16H2,(H,17,20). The van der Waals surface area contributed by atoms with E-state index in [2.05, 4.69) is 20.9 Å². The molecule has 0 amide bonds. The largest absolute Gasteiger partial charge is 0.399 e. The summed E-state index contributed by atoms with van der Waals surface area (Å²) in [6, 6.07) is 11.8. The van der Waals surface area contributed by atoms with E-state index in [1.54, 1.807) is 42.5 Å². The van der Waals surface area contributed by atoms with Gasteiger partial charge in [0.25, 0.3) is 5.91 Å². The minimum Gasteiger partial charge on any atom is -0.399 e. The molecule has 3 aromatic rings. The number of carbonyl (C=O) groups is 1. The summed E-state index contributed by atoms with van der Waals surface area (Å²) in [5.41, 5.74) is 7.22. The summed E-state index contributed by atoms with van der Waals surface area (Å²) in [5.74, 6) is -0.389. The molecule has 0 saturated heterocycles. The van der Waals surface area contributed by atoms with Crippen LogP contribution in [0, 0.1) is 0 Å². The Morgan fingerprint density at radius 3 is 2.55 bits per heavy atom. The lowest BCUT2D eigenvalue weighted by Crippen LogP contribution is -2.24. The van der Waals surface area contributed by atoms with Crippen LogP contribution in [0.5, 0.6) is 0 Å². The fourth-order valence-corrected chi connectivity index (χ4v) is 2.31. The van der Waals surface area contributed by atoms with Crippen molar-refractivity contribution in [3.63, 3.8) is 0 Å². The summed E-state index contributed by atoms with van der Waals surface area (Å²) in [5, 5.41) is 0. The molecule has 0 fully saturated rings. The predicted octanol–water partition coefficient (Wildman–Crippen LogP) is 2.36. The van der Waals surface area contributed by atoms with Crippen LogP contribution in [0.4, 0.5) is 5.69 Å². The maximum absolute atomic E-state index is 12.5. The van der Waals surface area contributed by atoms with Gasteiger partial charge in [-0.15, -0.1) is 0 Å². The summed E-state index contributed by atoms with van der Waals surface area (Å²) >= 11 is 3.30. The average Bonchev–Trinajstić information content (AvgIpc) is 2.74. The van der Waals surface area contributed by atoms with Crippen LogP contribution in [0.15, 0.2) is 51.7 Å². The molecule has 3 rings (SSSR count). The zero-order chi connectivity index (χ0) is 14.3. The van der Waals surface area contributed by atoms with Gasteiger partial charge in [-0.2, -0.15) is 0 Å². The second-order valence-electron chi connectivity index (χ2n) is 4.35. The molecular formula is C14H10BrN3O2. The van der Waals surface area contributed by atoms with Crippen molar-refractivity contribution in [2.75, 3.05) is 5.73 Å². The minimum absolute atomic E-state index is 0.389. The van der Waals surface area contributed by atoms with Crippen LogP contribution in [0.1, 0.15) is 10.4 Å². The van der Waals surface area contributed by atoms with Crippen LogP contribution in [0.25, 0.3) is 11.0 Å². The molecule has 6 heteroatoms. The number of hydrogen-bond donors (Lipinski definition) is 2. The van der Waals surface area contributed by atoms with Gasteiger partial charge in [0.05, 0.1) is 11.0 Å². The molecule has 0 aliphatic carbocycles. The average molecular weight is 332 g/mol. The van der Waals surface area contributed by atoms with E-state index in [1.165, 1.54) is 0 Å². The number of nitrogens with zero attached hydrogens (tertiary/aromatic N) is 1. The van der Waals surface area contributed by atoms with Crippen molar-refractivity contribution in [1.82, 2.24) is 9.55 Å². The highest BCUT2D eigenvalue weighted by atomic mass is 79.9. The third-order valence-corrected chi connectivity index (χ3v) is 3.53. The van der Waals surface area contributed by atoms with Crippen LogP contribution >= 0.6 is 15.9 Å². The molecule has 3 N–H and O–H groups in total. The third kappa shape index (κ3) is 2.04. The van der Waals surface area contributed by atoms with Gasteiger partial charge in [0.1, 0.15) is 0 Å². The number of halogens is 1. The summed E-state index contributed by atoms with van der Waals surface area (Å²) in [6.07, 6.45) is 0. The summed E-state index contributed by atoms with van der Waals surface area (Å²) < 4.78 is 1.96. The van der Waals surface area contributed by atoms with E-state index in [1.807, 2.05) is 0 Å². The van der Waals surface area contributed by atoms with Crippen molar-refractivity contribution < 1.29 is 4.79 Å². The van der Waals surface area contributed by atoms with Gasteiger partial charge in [0.15, 0.2) is 0 Å². The number of nitrogens with two attached hydrogens (primary N) is 1. The Hall–Kier alpha value is -2.34. The Morgan fingerprint density at radius 1 is 1.15 bits per heavy atom. The van der Waals surface area contributed by atoms with Gasteiger partial charge >= 0.3 is 5.69 Å². The molecule has 1 aromatic heterocycles. The second-order valence-corrected chi connectivity index (χ2v) is 5.27. The first-order valence-corrected chi connectivity index (χ1v) is 6.66. The molecule has 0 unspecified atom stereocenters. The topological polar surface area (TPSA) is 80.9 Å². The molecule has 0 aliphatic heterocycles. The number of nitrogens with one attached hydrogen (secondary N) is 1. The monoisotopic (exact) mass is 331 g/mol. The highest BCUT2D eigenvalue weighted by molar-refractivity contribution is 9.10. The summed E-state index contributed by atoms with van der Waals surface area (Å²) in [6.45, 7) is 0. The lowest BCUT2D eigenvalue weighted by atomic mass is 10.2. The normalized spacial score (nSPS) is 10.8. The van der Waals surface area contributed by atoms with Crippen molar-refractivity contribution in [3.05, 3.63) is 63.0 Å². The molecule has 0 bridgehead atoms. The van der Waals surface area contributed by atoms with Gasteiger partial charge in [-0.25, -0.2) is 9.36 Å². The van der Waals surface area contributed by atoms with E-state index in [-0.39, 0.29) is 5.91 Å². The van der Waals surface area contributed by atoms with Gasteiger partial charge in [-0.1, -0.05) is 15.9 Å². The van der Waals surface area contributed by atoms with Crippen molar-refractivity contribution in [1.29, 1.82) is 0 Å². The number of hydrogen-bond acceptors (Lipinski definition) is 3. The second kappa shape index (κ2) is 4.64. The number of anilines is 1. The lowest BCUT2D eigenvalue weighted by Gasteiger charge is -2.03. The number of rotatable bonds is 1. The van der Waals surface area contributed by atoms with Gasteiger partial charge in [-0.05, 0) is 42.5 Å². The molecule has 100 valence electrons. The van der Waals surface area contributed by atoms with E-state index >= 15 is 0 Å². The van der Waals surface area contributed by atoms with E-state index in [4.69, 9.17) is 5.73 Å². The molecule has 2 aromatic carbocycles. The Morgan fingerprint density at radius 2 is 1.85 bits per heavy atom. The molecule has 1 heterocycles. The molecule has 0 atom stereocenters. The van der Waals surface area contributed by atoms with Crippen LogP contribution in [0.3, 0.4) is 0 Å². The summed E-state index contributed by atoms with van der Waals surface area (Å²) in [4.78, 5) is 27.1. The van der Waals surface area contributed by atoms with Crippen molar-refractivity contribution >= 4 is 38.6 Å². The molecule has 0 aliphatic rings. The maximum atomic E-state index is 12.5. The van der Waals surface area contributed by atoms with Crippen LogP contribution in [-0.2, 0) is 0 Å². The van der Waals surface area contributed by atoms with Gasteiger partial charge in [0.2, 0.25) is 0 Å². The van der Waals surface area contributed by atoms with E-state index in [0.29, 0.717) is 22.3 Å². The Bertz CT molecular complexity index is 862. The van der Waals surface area contributed by atoms with Crippen LogP contribution in [0.2, 0.25) is 0 Å². The number of aromatic nitrogens is 2. The quantitative estimate of drug-likeness (QED) is 0.671. The molecule has 5 nitrogen and oxygen atoms in total. The van der Waals surface area contributed by atoms with Crippen molar-refractivity contribution in [2.45, 2.75) is 0 Å². The third-order valence-electron chi connectivity index (χ3n) is 3.00. The van der Waals surface area contributed by atoms with Crippen molar-refractivity contribution in [2.24, 2.45) is 0 Å². The number of benzene rings is 2. The maximum Gasteiger partial charge on any atom is 0.333 e. The SMILES string of the molecule is Nc1ccc2[nH]c(=O)n(C(=O)c3ccc(Br)cc3)c2c1. The number of nitrogen functional groups attached to an aromatic ring is 1. The molecular weight excluding hydrogens is 322 g/mol. The first-order chi connectivity index (χ1) is 9.56. The number of fused-ring (bicyclic) bond motifs is 1.